The maximum absolute atomic E-state index is 13.6. The normalized spacial score (nSPS) is 12.0. The fraction of sp³-hybridized carbons (Fsp3) is 0.296. The number of nitrogens with zero attached hydrogens (tertiary/aromatic N) is 5. The number of carbonyl (C=O) groups excluding carboxylic acids is 1. The Balaban J connectivity index is 1.55. The van der Waals surface area contributed by atoms with Gasteiger partial charge in [0.25, 0.3) is 10.0 Å². The summed E-state index contributed by atoms with van der Waals surface area (Å²) < 4.78 is 42.8. The van der Waals surface area contributed by atoms with Crippen molar-refractivity contribution in [3.63, 3.8) is 0 Å². The first-order chi connectivity index (χ1) is 18.0. The summed E-state index contributed by atoms with van der Waals surface area (Å²) in [6.07, 6.45) is 6.46. The average molecular weight is 538 g/mol. The van der Waals surface area contributed by atoms with E-state index in [1.807, 2.05) is 42.6 Å². The lowest BCUT2D eigenvalue weighted by Crippen LogP contribution is -2.30. The summed E-state index contributed by atoms with van der Waals surface area (Å²) in [4.78, 5) is 16.1. The van der Waals surface area contributed by atoms with Crippen LogP contribution in [0.5, 0.6) is 5.75 Å². The zero-order chi connectivity index (χ0) is 27.3. The van der Waals surface area contributed by atoms with Crippen molar-refractivity contribution in [2.24, 2.45) is 7.05 Å². The molecule has 0 saturated heterocycles. The molecule has 4 rings (SSSR count). The number of hydrogen-bond donors (Lipinski definition) is 0. The van der Waals surface area contributed by atoms with E-state index in [2.05, 4.69) is 10.1 Å². The van der Waals surface area contributed by atoms with Crippen LogP contribution in [0.25, 0.3) is 5.69 Å². The molecule has 10 nitrogen and oxygen atoms in total. The summed E-state index contributed by atoms with van der Waals surface area (Å²) in [6, 6.07) is 16.3. The van der Waals surface area contributed by atoms with Crippen molar-refractivity contribution in [2.45, 2.75) is 44.5 Å². The number of rotatable bonds is 10. The van der Waals surface area contributed by atoms with Crippen molar-refractivity contribution in [1.29, 1.82) is 0 Å². The van der Waals surface area contributed by atoms with E-state index in [0.29, 0.717) is 11.3 Å². The van der Waals surface area contributed by atoms with Gasteiger partial charge in [0.1, 0.15) is 11.4 Å². The van der Waals surface area contributed by atoms with Crippen LogP contribution in [0, 0.1) is 0 Å². The van der Waals surface area contributed by atoms with Crippen molar-refractivity contribution < 1.29 is 22.7 Å². The van der Waals surface area contributed by atoms with E-state index >= 15 is 0 Å². The Morgan fingerprint density at radius 1 is 1.03 bits per heavy atom. The molecule has 0 N–H and O–H groups in total. The van der Waals surface area contributed by atoms with Gasteiger partial charge in [0.2, 0.25) is 0 Å². The SMILES string of the molecule is Cn1cnc(S(=O)(=O)N(Cc2ccc(-n3cccn3)cc2)Cc2cccc(OCC(=O)OC(C)(C)C)c2)c1. The van der Waals surface area contributed by atoms with Gasteiger partial charge >= 0.3 is 5.97 Å². The number of hydrogen-bond acceptors (Lipinski definition) is 7. The van der Waals surface area contributed by atoms with E-state index in [1.165, 1.54) is 16.8 Å². The lowest BCUT2D eigenvalue weighted by molar-refractivity contribution is -0.157. The molecule has 2 heterocycles. The highest BCUT2D eigenvalue weighted by Crippen LogP contribution is 2.23. The molecule has 0 aliphatic rings. The van der Waals surface area contributed by atoms with Crippen LogP contribution in [0.15, 0.2) is 84.5 Å². The lowest BCUT2D eigenvalue weighted by atomic mass is 10.2. The third-order valence-corrected chi connectivity index (χ3v) is 7.06. The molecule has 4 aromatic rings. The van der Waals surface area contributed by atoms with Crippen LogP contribution in [-0.2, 0) is 39.7 Å². The summed E-state index contributed by atoms with van der Waals surface area (Å²) in [5, 5.41) is 4.19. The van der Waals surface area contributed by atoms with Crippen LogP contribution >= 0.6 is 0 Å². The molecule has 200 valence electrons. The molecule has 0 amide bonds. The maximum Gasteiger partial charge on any atom is 0.344 e. The fourth-order valence-corrected chi connectivity index (χ4v) is 5.09. The molecule has 0 bridgehead atoms. The number of esters is 1. The molecule has 0 radical (unpaired) electrons. The van der Waals surface area contributed by atoms with Gasteiger partial charge in [0, 0.05) is 38.7 Å². The molecule has 11 heteroatoms. The Hall–Kier alpha value is -3.96. The van der Waals surface area contributed by atoms with Crippen molar-refractivity contribution in [1.82, 2.24) is 23.6 Å². The van der Waals surface area contributed by atoms with Crippen LogP contribution in [-0.4, -0.2) is 50.2 Å². The average Bonchev–Trinajstić information content (AvgIpc) is 3.55. The molecule has 0 saturated carbocycles. The highest BCUT2D eigenvalue weighted by Gasteiger charge is 2.27. The van der Waals surface area contributed by atoms with Gasteiger partial charge in [0.05, 0.1) is 12.0 Å². The number of benzene rings is 2. The molecule has 2 aromatic carbocycles. The Kier molecular flexibility index (Phi) is 7.98. The summed E-state index contributed by atoms with van der Waals surface area (Å²) >= 11 is 0. The van der Waals surface area contributed by atoms with Gasteiger partial charge in [-0.1, -0.05) is 24.3 Å². The highest BCUT2D eigenvalue weighted by molar-refractivity contribution is 7.89. The predicted octanol–water partition coefficient (Wildman–Crippen LogP) is 3.72. The van der Waals surface area contributed by atoms with E-state index in [4.69, 9.17) is 9.47 Å². The summed E-state index contributed by atoms with van der Waals surface area (Å²) in [6.45, 7) is 5.30. The minimum Gasteiger partial charge on any atom is -0.482 e. The number of ether oxygens (including phenoxy) is 2. The predicted molar refractivity (Wildman–Crippen MR) is 141 cm³/mol. The first-order valence-corrected chi connectivity index (χ1v) is 13.4. The first kappa shape index (κ1) is 27.1. The standard InChI is InChI=1S/C27H31N5O5S/c1-27(2,3)37-26(33)19-36-24-8-5-7-22(15-24)17-31(38(34,35)25-18-30(4)20-28-25)16-21-9-11-23(12-10-21)32-14-6-13-29-32/h5-15,18,20H,16-17,19H2,1-4H3. The zero-order valence-corrected chi connectivity index (χ0v) is 22.6. The molecule has 0 fully saturated rings. The summed E-state index contributed by atoms with van der Waals surface area (Å²) in [7, 11) is -2.20. The van der Waals surface area contributed by atoms with Crippen molar-refractivity contribution in [3.8, 4) is 11.4 Å². The van der Waals surface area contributed by atoms with Gasteiger partial charge in [-0.15, -0.1) is 0 Å². The van der Waals surface area contributed by atoms with Gasteiger partial charge < -0.3 is 14.0 Å². The van der Waals surface area contributed by atoms with Gasteiger partial charge in [0.15, 0.2) is 11.6 Å². The Morgan fingerprint density at radius 2 is 1.76 bits per heavy atom. The highest BCUT2D eigenvalue weighted by atomic mass is 32.2. The van der Waals surface area contributed by atoms with Crippen molar-refractivity contribution >= 4 is 16.0 Å². The lowest BCUT2D eigenvalue weighted by Gasteiger charge is -2.22. The molecular weight excluding hydrogens is 506 g/mol. The number of sulfonamides is 1. The van der Waals surface area contributed by atoms with E-state index in [1.54, 1.807) is 61.5 Å². The van der Waals surface area contributed by atoms with Crippen LogP contribution in [0.4, 0.5) is 0 Å². The second kappa shape index (κ2) is 11.2. The molecule has 0 unspecified atom stereocenters. The molecule has 0 aliphatic heterocycles. The number of carbonyl (C=O) groups is 1. The van der Waals surface area contributed by atoms with Gasteiger partial charge in [-0.25, -0.2) is 22.9 Å². The third-order valence-electron chi connectivity index (χ3n) is 5.38. The van der Waals surface area contributed by atoms with Crippen LogP contribution < -0.4 is 4.74 Å². The molecule has 0 aliphatic carbocycles. The van der Waals surface area contributed by atoms with Crippen molar-refractivity contribution in [3.05, 3.63) is 90.6 Å². The minimum absolute atomic E-state index is 0.0366. The fourth-order valence-electron chi connectivity index (χ4n) is 3.71. The molecule has 38 heavy (non-hydrogen) atoms. The first-order valence-electron chi connectivity index (χ1n) is 12.0. The Bertz CT molecular complexity index is 1470. The smallest absolute Gasteiger partial charge is 0.344 e. The van der Waals surface area contributed by atoms with Gasteiger partial charge in [-0.2, -0.15) is 9.40 Å². The summed E-state index contributed by atoms with van der Waals surface area (Å²) in [5.74, 6) is -0.0482. The largest absolute Gasteiger partial charge is 0.482 e. The number of imidazole rings is 1. The summed E-state index contributed by atoms with van der Waals surface area (Å²) in [5.41, 5.74) is 1.75. The second-order valence-electron chi connectivity index (χ2n) is 9.79. The second-order valence-corrected chi connectivity index (χ2v) is 11.7. The molecular formula is C27H31N5O5S. The van der Waals surface area contributed by atoms with E-state index < -0.39 is 21.6 Å². The number of aromatic nitrogens is 4. The van der Waals surface area contributed by atoms with E-state index in [0.717, 1.165) is 11.3 Å². The number of aryl methyl sites for hydroxylation is 1. The van der Waals surface area contributed by atoms with Crippen LogP contribution in [0.2, 0.25) is 0 Å². The minimum atomic E-state index is -3.92. The molecule has 0 spiro atoms. The molecule has 0 atom stereocenters. The molecule has 2 aromatic heterocycles. The van der Waals surface area contributed by atoms with Gasteiger partial charge in [-0.3, -0.25) is 0 Å². The quantitative estimate of drug-likeness (QED) is 0.284. The van der Waals surface area contributed by atoms with Crippen LogP contribution in [0.1, 0.15) is 31.9 Å². The van der Waals surface area contributed by atoms with E-state index in [-0.39, 0.29) is 24.7 Å². The van der Waals surface area contributed by atoms with Gasteiger partial charge in [-0.05, 0) is 62.2 Å². The Labute approximate surface area is 222 Å². The maximum atomic E-state index is 13.6. The van der Waals surface area contributed by atoms with Crippen molar-refractivity contribution in [2.75, 3.05) is 6.61 Å². The third kappa shape index (κ3) is 7.08. The topological polar surface area (TPSA) is 109 Å². The van der Waals surface area contributed by atoms with Crippen LogP contribution in [0.3, 0.4) is 0 Å². The van der Waals surface area contributed by atoms with E-state index in [9.17, 15) is 13.2 Å². The Morgan fingerprint density at radius 3 is 2.39 bits per heavy atom. The monoisotopic (exact) mass is 537 g/mol. The zero-order valence-electron chi connectivity index (χ0n) is 21.8.